The van der Waals surface area contributed by atoms with Crippen molar-refractivity contribution in [3.05, 3.63) is 64.5 Å². The van der Waals surface area contributed by atoms with E-state index in [1.54, 1.807) is 13.8 Å². The van der Waals surface area contributed by atoms with Crippen LogP contribution >= 0.6 is 0 Å². The lowest BCUT2D eigenvalue weighted by Crippen LogP contribution is -2.15. The summed E-state index contributed by atoms with van der Waals surface area (Å²) in [6.07, 6.45) is 4.13. The minimum atomic E-state index is -0.671. The molecule has 1 aliphatic heterocycles. The van der Waals surface area contributed by atoms with Gasteiger partial charge in [0.1, 0.15) is 0 Å². The maximum atomic E-state index is 12.5. The van der Waals surface area contributed by atoms with E-state index in [-0.39, 0.29) is 35.9 Å². The van der Waals surface area contributed by atoms with Crippen molar-refractivity contribution in [2.75, 3.05) is 13.2 Å². The van der Waals surface area contributed by atoms with Crippen molar-refractivity contribution in [3.63, 3.8) is 0 Å². The first-order valence-corrected chi connectivity index (χ1v) is 9.73. The van der Waals surface area contributed by atoms with Crippen molar-refractivity contribution < 1.29 is 23.9 Å². The molecule has 0 aliphatic carbocycles. The van der Waals surface area contributed by atoms with Gasteiger partial charge in [-0.25, -0.2) is 15.0 Å². The number of aromatic amines is 1. The molecule has 0 saturated heterocycles. The Morgan fingerprint density at radius 1 is 1.03 bits per heavy atom. The Kier molecular flexibility index (Phi) is 6.79. The largest absolute Gasteiger partial charge is 0.462 e. The number of hydrogen-bond donors (Lipinski definition) is 2. The molecule has 1 aromatic carbocycles. The molecule has 1 amide bonds. The van der Waals surface area contributed by atoms with E-state index < -0.39 is 11.9 Å². The Morgan fingerprint density at radius 3 is 2.43 bits per heavy atom. The molecule has 0 fully saturated rings. The summed E-state index contributed by atoms with van der Waals surface area (Å²) in [4.78, 5) is 39.9. The summed E-state index contributed by atoms with van der Waals surface area (Å²) in [5.41, 5.74) is 4.86. The van der Waals surface area contributed by atoms with Gasteiger partial charge in [0.15, 0.2) is 0 Å². The molecule has 0 radical (unpaired) electrons. The zero-order chi connectivity index (χ0) is 21.5. The van der Waals surface area contributed by atoms with Crippen LogP contribution in [-0.4, -0.2) is 41.8 Å². The SMILES string of the molecule is CCOC(=O)c1c[nH]c(/C=C2/C(=O)NN=C2CCc2ccccc2)c1C(=O)OCC. The highest BCUT2D eigenvalue weighted by Gasteiger charge is 2.27. The Balaban J connectivity index is 1.91. The molecule has 2 heterocycles. The standard InChI is InChI=1S/C22H23N3O5/c1-3-29-21(27)16-13-23-18(19(16)22(28)30-4-2)12-15-17(24-25-20(15)26)11-10-14-8-6-5-7-9-14/h5-9,12-13,23H,3-4,10-11H2,1-2H3,(H,25,26)/b15-12+. The fourth-order valence-corrected chi connectivity index (χ4v) is 3.11. The van der Waals surface area contributed by atoms with Crippen LogP contribution in [-0.2, 0) is 20.7 Å². The summed E-state index contributed by atoms with van der Waals surface area (Å²) >= 11 is 0. The maximum absolute atomic E-state index is 12.5. The third-order valence-electron chi connectivity index (χ3n) is 4.52. The van der Waals surface area contributed by atoms with Crippen molar-refractivity contribution in [1.82, 2.24) is 10.4 Å². The van der Waals surface area contributed by atoms with Crippen LogP contribution in [0.2, 0.25) is 0 Å². The number of esters is 2. The number of aryl methyl sites for hydroxylation is 1. The number of amides is 1. The van der Waals surface area contributed by atoms with Crippen LogP contribution in [0.4, 0.5) is 0 Å². The van der Waals surface area contributed by atoms with Crippen LogP contribution in [0, 0.1) is 0 Å². The Morgan fingerprint density at radius 2 is 1.73 bits per heavy atom. The normalized spacial score (nSPS) is 14.4. The summed E-state index contributed by atoms with van der Waals surface area (Å²) in [6, 6.07) is 9.85. The van der Waals surface area contributed by atoms with Gasteiger partial charge in [0.2, 0.25) is 0 Å². The van der Waals surface area contributed by atoms with Gasteiger partial charge in [-0.1, -0.05) is 30.3 Å². The molecule has 3 rings (SSSR count). The number of carbonyl (C=O) groups excluding carboxylic acids is 3. The highest BCUT2D eigenvalue weighted by atomic mass is 16.5. The number of H-pyrrole nitrogens is 1. The molecule has 2 aromatic rings. The lowest BCUT2D eigenvalue weighted by Gasteiger charge is -2.06. The van der Waals surface area contributed by atoms with E-state index in [9.17, 15) is 14.4 Å². The van der Waals surface area contributed by atoms with Gasteiger partial charge < -0.3 is 14.5 Å². The fraction of sp³-hybridized carbons (Fsp3) is 0.273. The lowest BCUT2D eigenvalue weighted by molar-refractivity contribution is -0.116. The zero-order valence-electron chi connectivity index (χ0n) is 16.9. The third kappa shape index (κ3) is 4.65. The number of nitrogens with zero attached hydrogens (tertiary/aromatic N) is 1. The number of rotatable bonds is 8. The lowest BCUT2D eigenvalue weighted by atomic mass is 10.0. The fourth-order valence-electron chi connectivity index (χ4n) is 3.11. The predicted molar refractivity (Wildman–Crippen MR) is 111 cm³/mol. The van der Waals surface area contributed by atoms with Crippen LogP contribution in [0.3, 0.4) is 0 Å². The second-order valence-corrected chi connectivity index (χ2v) is 6.48. The van der Waals surface area contributed by atoms with Crippen molar-refractivity contribution in [2.45, 2.75) is 26.7 Å². The number of benzene rings is 1. The van der Waals surface area contributed by atoms with Crippen LogP contribution in [0.15, 0.2) is 47.2 Å². The molecule has 0 bridgehead atoms. The van der Waals surface area contributed by atoms with Gasteiger partial charge in [-0.15, -0.1) is 0 Å². The van der Waals surface area contributed by atoms with E-state index in [0.29, 0.717) is 24.1 Å². The monoisotopic (exact) mass is 409 g/mol. The number of ether oxygens (including phenoxy) is 2. The van der Waals surface area contributed by atoms with E-state index in [0.717, 1.165) is 5.56 Å². The second kappa shape index (κ2) is 9.69. The second-order valence-electron chi connectivity index (χ2n) is 6.48. The summed E-state index contributed by atoms with van der Waals surface area (Å²) in [5.74, 6) is -1.69. The number of nitrogens with one attached hydrogen (secondary N) is 2. The maximum Gasteiger partial charge on any atom is 0.341 e. The van der Waals surface area contributed by atoms with Gasteiger partial charge in [-0.2, -0.15) is 5.10 Å². The minimum Gasteiger partial charge on any atom is -0.462 e. The predicted octanol–water partition coefficient (Wildman–Crippen LogP) is 2.87. The van der Waals surface area contributed by atoms with E-state index in [4.69, 9.17) is 9.47 Å². The van der Waals surface area contributed by atoms with Gasteiger partial charge in [0.25, 0.3) is 5.91 Å². The van der Waals surface area contributed by atoms with Gasteiger partial charge in [0.05, 0.1) is 41.3 Å². The quantitative estimate of drug-likeness (QED) is 0.515. The topological polar surface area (TPSA) is 110 Å². The molecule has 2 N–H and O–H groups in total. The average molecular weight is 409 g/mol. The highest BCUT2D eigenvalue weighted by molar-refractivity contribution is 6.27. The summed E-state index contributed by atoms with van der Waals surface area (Å²) in [6.45, 7) is 3.66. The van der Waals surface area contributed by atoms with E-state index >= 15 is 0 Å². The number of hydrazone groups is 1. The first-order valence-electron chi connectivity index (χ1n) is 9.73. The molecule has 156 valence electrons. The number of hydrogen-bond acceptors (Lipinski definition) is 6. The zero-order valence-corrected chi connectivity index (χ0v) is 16.9. The van der Waals surface area contributed by atoms with Crippen molar-refractivity contribution in [2.24, 2.45) is 5.10 Å². The van der Waals surface area contributed by atoms with Gasteiger partial charge in [-0.05, 0) is 38.3 Å². The number of aromatic nitrogens is 1. The van der Waals surface area contributed by atoms with Gasteiger partial charge >= 0.3 is 11.9 Å². The van der Waals surface area contributed by atoms with Crippen LogP contribution in [0.25, 0.3) is 6.08 Å². The van der Waals surface area contributed by atoms with Crippen molar-refractivity contribution in [1.29, 1.82) is 0 Å². The molecule has 8 nitrogen and oxygen atoms in total. The molecule has 0 unspecified atom stereocenters. The number of carbonyl (C=O) groups is 3. The summed E-state index contributed by atoms with van der Waals surface area (Å²) in [7, 11) is 0. The Bertz CT molecular complexity index is 1010. The molecule has 0 atom stereocenters. The summed E-state index contributed by atoms with van der Waals surface area (Å²) in [5, 5.41) is 4.12. The van der Waals surface area contributed by atoms with Gasteiger partial charge in [-0.3, -0.25) is 4.79 Å². The molecule has 0 spiro atoms. The molecule has 8 heteroatoms. The first kappa shape index (κ1) is 21.0. The highest BCUT2D eigenvalue weighted by Crippen LogP contribution is 2.22. The summed E-state index contributed by atoms with van der Waals surface area (Å²) < 4.78 is 10.1. The average Bonchev–Trinajstić information content (AvgIpc) is 3.32. The van der Waals surface area contributed by atoms with Crippen LogP contribution in [0.1, 0.15) is 52.2 Å². The van der Waals surface area contributed by atoms with E-state index in [2.05, 4.69) is 15.5 Å². The molecule has 1 aromatic heterocycles. The molecular formula is C22H23N3O5. The molecule has 0 saturated carbocycles. The third-order valence-corrected chi connectivity index (χ3v) is 4.52. The van der Waals surface area contributed by atoms with Crippen LogP contribution < -0.4 is 5.43 Å². The van der Waals surface area contributed by atoms with Crippen LogP contribution in [0.5, 0.6) is 0 Å². The van der Waals surface area contributed by atoms with Crippen molar-refractivity contribution in [3.8, 4) is 0 Å². The molecule has 1 aliphatic rings. The van der Waals surface area contributed by atoms with E-state index in [1.807, 2.05) is 30.3 Å². The molecule has 30 heavy (non-hydrogen) atoms. The van der Waals surface area contributed by atoms with E-state index in [1.165, 1.54) is 12.3 Å². The molecular weight excluding hydrogens is 386 g/mol. The van der Waals surface area contributed by atoms with Gasteiger partial charge in [0, 0.05) is 6.20 Å². The smallest absolute Gasteiger partial charge is 0.341 e. The first-order chi connectivity index (χ1) is 14.5. The Labute approximate surface area is 174 Å². The Hall–Kier alpha value is -3.68. The minimum absolute atomic E-state index is 0.0323. The van der Waals surface area contributed by atoms with Crippen molar-refractivity contribution >= 4 is 29.6 Å².